The van der Waals surface area contributed by atoms with Gasteiger partial charge in [-0.2, -0.15) is 0 Å². The van der Waals surface area contributed by atoms with Crippen molar-refractivity contribution in [3.63, 3.8) is 0 Å². The summed E-state index contributed by atoms with van der Waals surface area (Å²) < 4.78 is 0. The maximum absolute atomic E-state index is 5.79. The fourth-order valence-electron chi connectivity index (χ4n) is 1.37. The molecule has 2 heteroatoms. The first-order valence-electron chi connectivity index (χ1n) is 2.81. The van der Waals surface area contributed by atoms with Gasteiger partial charge in [0.2, 0.25) is 0 Å². The predicted octanol–water partition coefficient (Wildman–Crippen LogP) is -0.693. The predicted molar refractivity (Wildman–Crippen MR) is 27.9 cm³/mol. The summed E-state index contributed by atoms with van der Waals surface area (Å²) >= 11 is 0. The van der Waals surface area contributed by atoms with Gasteiger partial charge in [-0.3, -0.25) is 0 Å². The van der Waals surface area contributed by atoms with Gasteiger partial charge in [-0.05, 0) is 18.9 Å². The second kappa shape index (κ2) is 0.858. The first-order chi connectivity index (χ1) is 3.31. The van der Waals surface area contributed by atoms with E-state index in [1.165, 1.54) is 6.42 Å². The van der Waals surface area contributed by atoms with E-state index in [1.54, 1.807) is 0 Å². The Kier molecular flexibility index (Phi) is 0.474. The van der Waals surface area contributed by atoms with Crippen molar-refractivity contribution in [1.82, 2.24) is 5.32 Å². The van der Waals surface area contributed by atoms with E-state index in [9.17, 15) is 0 Å². The molecule has 0 bridgehead atoms. The van der Waals surface area contributed by atoms with Gasteiger partial charge in [0.25, 0.3) is 0 Å². The van der Waals surface area contributed by atoms with Crippen LogP contribution in [-0.4, -0.2) is 18.6 Å². The number of hydrogen-bond acceptors (Lipinski definition) is 2. The molecule has 0 radical (unpaired) electrons. The Balaban J connectivity index is 2.17. The van der Waals surface area contributed by atoms with Crippen molar-refractivity contribution in [3.05, 3.63) is 0 Å². The van der Waals surface area contributed by atoms with E-state index in [1.807, 2.05) is 0 Å². The van der Waals surface area contributed by atoms with Gasteiger partial charge in [-0.25, -0.2) is 0 Å². The lowest BCUT2D eigenvalue weighted by atomic mass is 10.3. The van der Waals surface area contributed by atoms with Crippen LogP contribution in [0.25, 0.3) is 0 Å². The van der Waals surface area contributed by atoms with Crippen LogP contribution in [0.3, 0.4) is 0 Å². The van der Waals surface area contributed by atoms with Crippen molar-refractivity contribution in [2.24, 2.45) is 11.7 Å². The van der Waals surface area contributed by atoms with Gasteiger partial charge in [0.1, 0.15) is 0 Å². The lowest BCUT2D eigenvalue weighted by Crippen LogP contribution is -2.29. The summed E-state index contributed by atoms with van der Waals surface area (Å²) in [5.74, 6) is 0.826. The largest absolute Gasteiger partial charge is 0.324 e. The van der Waals surface area contributed by atoms with E-state index < -0.39 is 0 Å². The average Bonchev–Trinajstić information content (AvgIpc) is 2.09. The van der Waals surface area contributed by atoms with Crippen molar-refractivity contribution < 1.29 is 0 Å². The average molecular weight is 98.1 g/mol. The molecule has 3 N–H and O–H groups in total. The van der Waals surface area contributed by atoms with Crippen molar-refractivity contribution >= 4 is 0 Å². The summed E-state index contributed by atoms with van der Waals surface area (Å²) in [5.41, 5.74) is 6.04. The highest BCUT2D eigenvalue weighted by atomic mass is 15.1. The lowest BCUT2D eigenvalue weighted by Gasteiger charge is -1.98. The Morgan fingerprint density at radius 3 is 2.71 bits per heavy atom. The van der Waals surface area contributed by atoms with Crippen LogP contribution in [0.4, 0.5) is 0 Å². The normalized spacial score (nSPS) is 57.0. The molecule has 1 saturated heterocycles. The summed E-state index contributed by atoms with van der Waals surface area (Å²) in [7, 11) is 0. The number of piperidine rings is 1. The molecule has 2 atom stereocenters. The Labute approximate surface area is 43.1 Å². The van der Waals surface area contributed by atoms with E-state index in [0.717, 1.165) is 19.0 Å². The van der Waals surface area contributed by atoms with Crippen molar-refractivity contribution in [2.75, 3.05) is 13.1 Å². The molecule has 1 aliphatic carbocycles. The molecule has 1 saturated carbocycles. The summed E-state index contributed by atoms with van der Waals surface area (Å²) in [4.78, 5) is 0. The monoisotopic (exact) mass is 98.1 g/mol. The van der Waals surface area contributed by atoms with Crippen LogP contribution in [0.2, 0.25) is 0 Å². The molecule has 2 rings (SSSR count). The van der Waals surface area contributed by atoms with E-state index in [0.29, 0.717) is 0 Å². The Hall–Kier alpha value is -0.0800. The molecule has 1 unspecified atom stereocenters. The van der Waals surface area contributed by atoms with E-state index in [4.69, 9.17) is 5.73 Å². The zero-order valence-corrected chi connectivity index (χ0v) is 4.28. The molecule has 0 spiro atoms. The molecule has 0 amide bonds. The van der Waals surface area contributed by atoms with Crippen LogP contribution in [-0.2, 0) is 0 Å². The molecule has 7 heavy (non-hydrogen) atoms. The minimum atomic E-state index is 0.250. The van der Waals surface area contributed by atoms with Gasteiger partial charge in [0.05, 0.1) is 0 Å². The molecule has 2 fully saturated rings. The zero-order valence-electron chi connectivity index (χ0n) is 4.28. The second-order valence-electron chi connectivity index (χ2n) is 2.77. The maximum atomic E-state index is 5.79. The van der Waals surface area contributed by atoms with Crippen molar-refractivity contribution in [2.45, 2.75) is 12.0 Å². The smallest absolute Gasteiger partial charge is 0.0326 e. The standard InChI is InChI=1S/C5H10N2/c6-5-1-4(5)2-7-3-5/h4,7H,1-3,6H2/t4?,5-/m0/s1. The minimum absolute atomic E-state index is 0.250. The van der Waals surface area contributed by atoms with Crippen molar-refractivity contribution in [3.8, 4) is 0 Å². The third-order valence-electron chi connectivity index (χ3n) is 2.12. The number of hydrogen-bond donors (Lipinski definition) is 2. The Morgan fingerprint density at radius 1 is 1.71 bits per heavy atom. The van der Waals surface area contributed by atoms with Gasteiger partial charge in [0.15, 0.2) is 0 Å². The molecular formula is C5H10N2. The summed E-state index contributed by atoms with van der Waals surface area (Å²) in [5, 5.41) is 3.24. The van der Waals surface area contributed by atoms with Crippen LogP contribution >= 0.6 is 0 Å². The third-order valence-corrected chi connectivity index (χ3v) is 2.12. The Bertz CT molecular complexity index is 100. The molecule has 0 aromatic rings. The van der Waals surface area contributed by atoms with Gasteiger partial charge >= 0.3 is 0 Å². The van der Waals surface area contributed by atoms with Gasteiger partial charge in [0, 0.05) is 12.1 Å². The highest BCUT2D eigenvalue weighted by Gasteiger charge is 2.53. The molecule has 2 nitrogen and oxygen atoms in total. The van der Waals surface area contributed by atoms with Crippen LogP contribution in [0.5, 0.6) is 0 Å². The number of fused-ring (bicyclic) bond motifs is 1. The van der Waals surface area contributed by atoms with Gasteiger partial charge in [-0.1, -0.05) is 0 Å². The van der Waals surface area contributed by atoms with Crippen LogP contribution in [0.15, 0.2) is 0 Å². The lowest BCUT2D eigenvalue weighted by molar-refractivity contribution is 0.664. The van der Waals surface area contributed by atoms with Crippen molar-refractivity contribution in [1.29, 1.82) is 0 Å². The first kappa shape index (κ1) is 3.87. The summed E-state index contributed by atoms with van der Waals surface area (Å²) in [6, 6.07) is 0. The molecular weight excluding hydrogens is 88.1 g/mol. The SMILES string of the molecule is N[C@@]12CNCC1C2. The number of nitrogens with two attached hydrogens (primary N) is 1. The fourth-order valence-corrected chi connectivity index (χ4v) is 1.37. The summed E-state index contributed by atoms with van der Waals surface area (Å²) in [6.45, 7) is 2.22. The van der Waals surface area contributed by atoms with Gasteiger partial charge < -0.3 is 11.1 Å². The van der Waals surface area contributed by atoms with E-state index in [2.05, 4.69) is 5.32 Å². The second-order valence-corrected chi connectivity index (χ2v) is 2.77. The van der Waals surface area contributed by atoms with E-state index in [-0.39, 0.29) is 5.54 Å². The first-order valence-corrected chi connectivity index (χ1v) is 2.81. The molecule has 1 aliphatic heterocycles. The molecule has 1 heterocycles. The maximum Gasteiger partial charge on any atom is 0.0326 e. The quantitative estimate of drug-likeness (QED) is 0.421. The molecule has 0 aromatic heterocycles. The number of rotatable bonds is 0. The fraction of sp³-hybridized carbons (Fsp3) is 1.00. The molecule has 40 valence electrons. The third kappa shape index (κ3) is 0.359. The van der Waals surface area contributed by atoms with Gasteiger partial charge in [-0.15, -0.1) is 0 Å². The van der Waals surface area contributed by atoms with Crippen LogP contribution in [0.1, 0.15) is 6.42 Å². The highest BCUT2D eigenvalue weighted by molar-refractivity contribution is 5.14. The molecule has 2 aliphatic rings. The minimum Gasteiger partial charge on any atom is -0.324 e. The number of nitrogens with one attached hydrogen (secondary N) is 1. The topological polar surface area (TPSA) is 38.0 Å². The van der Waals surface area contributed by atoms with Crippen LogP contribution in [0, 0.1) is 5.92 Å². The Morgan fingerprint density at radius 2 is 2.57 bits per heavy atom. The zero-order chi connectivity index (χ0) is 4.91. The van der Waals surface area contributed by atoms with E-state index >= 15 is 0 Å². The summed E-state index contributed by atoms with van der Waals surface area (Å²) in [6.07, 6.45) is 1.26. The highest BCUT2D eigenvalue weighted by Crippen LogP contribution is 2.43. The molecule has 0 aromatic carbocycles. The van der Waals surface area contributed by atoms with Crippen LogP contribution < -0.4 is 11.1 Å².